The molecule has 0 aromatic carbocycles. The Morgan fingerprint density at radius 3 is 2.60 bits per heavy atom. The van der Waals surface area contributed by atoms with Crippen molar-refractivity contribution >= 4 is 23.2 Å². The van der Waals surface area contributed by atoms with Gasteiger partial charge in [0, 0.05) is 12.1 Å². The molecule has 1 atom stereocenters. The Morgan fingerprint density at radius 2 is 2.10 bits per heavy atom. The molecular weight excluding hydrogens is 169 g/mol. The molecule has 56 valence electrons. The van der Waals surface area contributed by atoms with Gasteiger partial charge in [-0.2, -0.15) is 0 Å². The first-order valence-corrected chi connectivity index (χ1v) is 4.18. The van der Waals surface area contributed by atoms with Crippen molar-refractivity contribution in [3.05, 3.63) is 24.4 Å². The van der Waals surface area contributed by atoms with Crippen LogP contribution in [0.15, 0.2) is 24.4 Å². The molecule has 1 nitrogen and oxygen atoms in total. The number of hydrogen-bond donors (Lipinski definition) is 0. The topological polar surface area (TPSA) is 3.24 Å². The minimum Gasteiger partial charge on any atom is -0.356 e. The van der Waals surface area contributed by atoms with E-state index in [1.54, 1.807) is 0 Å². The number of hydrogen-bond acceptors (Lipinski definition) is 1. The highest BCUT2D eigenvalue weighted by Crippen LogP contribution is 2.09. The molecule has 1 unspecified atom stereocenters. The minimum atomic E-state index is 0.268. The predicted octanol–water partition coefficient (Wildman–Crippen LogP) is 2.18. The zero-order valence-corrected chi connectivity index (χ0v) is 7.02. The van der Waals surface area contributed by atoms with Crippen LogP contribution in [0.3, 0.4) is 0 Å². The second-order valence-corrected chi connectivity index (χ2v) is 2.63. The van der Waals surface area contributed by atoms with Crippen LogP contribution in [0.5, 0.6) is 0 Å². The summed E-state index contributed by atoms with van der Waals surface area (Å²) in [5, 5.41) is 0. The van der Waals surface area contributed by atoms with Crippen LogP contribution < -0.4 is 0 Å². The van der Waals surface area contributed by atoms with Crippen LogP contribution in [-0.4, -0.2) is 22.8 Å². The van der Waals surface area contributed by atoms with Crippen LogP contribution in [-0.2, 0) is 0 Å². The summed E-state index contributed by atoms with van der Waals surface area (Å²) in [7, 11) is 0. The van der Waals surface area contributed by atoms with Crippen LogP contribution in [0.2, 0.25) is 0 Å². The van der Waals surface area contributed by atoms with Gasteiger partial charge >= 0.3 is 0 Å². The molecule has 1 aliphatic heterocycles. The van der Waals surface area contributed by atoms with Gasteiger partial charge in [0.25, 0.3) is 0 Å². The van der Waals surface area contributed by atoms with E-state index in [4.69, 9.17) is 23.2 Å². The molecule has 1 heterocycles. The predicted molar refractivity (Wildman–Crippen MR) is 45.3 cm³/mol. The highest BCUT2D eigenvalue weighted by molar-refractivity contribution is 6.19. The fraction of sp³-hybridized carbons (Fsp3) is 0.429. The van der Waals surface area contributed by atoms with Crippen molar-refractivity contribution in [1.82, 2.24) is 4.90 Å². The Bertz CT molecular complexity index is 136. The average Bonchev–Trinajstić information content (AvgIpc) is 2.04. The van der Waals surface area contributed by atoms with E-state index in [0.29, 0.717) is 11.9 Å². The van der Waals surface area contributed by atoms with E-state index in [0.717, 1.165) is 0 Å². The van der Waals surface area contributed by atoms with Gasteiger partial charge in [-0.25, -0.2) is 0 Å². The molecule has 0 saturated heterocycles. The van der Waals surface area contributed by atoms with Gasteiger partial charge in [-0.1, -0.05) is 12.2 Å². The quantitative estimate of drug-likeness (QED) is 0.462. The Hall–Kier alpha value is -0.140. The lowest BCUT2D eigenvalue weighted by Gasteiger charge is -2.25. The van der Waals surface area contributed by atoms with Crippen LogP contribution in [0.4, 0.5) is 0 Å². The number of alkyl halides is 2. The van der Waals surface area contributed by atoms with Crippen molar-refractivity contribution in [3.8, 4) is 0 Å². The van der Waals surface area contributed by atoms with Gasteiger partial charge in [0.15, 0.2) is 0 Å². The molecule has 0 bridgehead atoms. The third kappa shape index (κ3) is 1.68. The summed E-state index contributed by atoms with van der Waals surface area (Å²) in [4.78, 5) is 1.98. The molecule has 10 heavy (non-hydrogen) atoms. The van der Waals surface area contributed by atoms with E-state index in [1.807, 2.05) is 29.3 Å². The van der Waals surface area contributed by atoms with E-state index in [9.17, 15) is 0 Å². The van der Waals surface area contributed by atoms with E-state index < -0.39 is 0 Å². The fourth-order valence-corrected chi connectivity index (χ4v) is 1.38. The molecule has 1 aliphatic rings. The van der Waals surface area contributed by atoms with E-state index in [1.165, 1.54) is 0 Å². The molecule has 3 heteroatoms. The van der Waals surface area contributed by atoms with E-state index >= 15 is 0 Å². The largest absolute Gasteiger partial charge is 0.356 e. The van der Waals surface area contributed by atoms with Crippen LogP contribution in [0, 0.1) is 0 Å². The minimum absolute atomic E-state index is 0.268. The molecule has 0 aliphatic carbocycles. The maximum absolute atomic E-state index is 5.67. The first kappa shape index (κ1) is 7.96. The van der Waals surface area contributed by atoms with Gasteiger partial charge in [-0.05, 0) is 6.08 Å². The molecule has 0 saturated carbocycles. The summed E-state index contributed by atoms with van der Waals surface area (Å²) >= 11 is 11.3. The number of rotatable bonds is 2. The Kier molecular flexibility index (Phi) is 3.10. The smallest absolute Gasteiger partial charge is 0.0929 e. The van der Waals surface area contributed by atoms with Crippen LogP contribution >= 0.6 is 23.2 Å². The number of halogens is 2. The lowest BCUT2D eigenvalue weighted by atomic mass is 10.2. The second-order valence-electron chi connectivity index (χ2n) is 2.08. The first-order chi connectivity index (χ1) is 4.88. The van der Waals surface area contributed by atoms with Crippen LogP contribution in [0.1, 0.15) is 0 Å². The highest BCUT2D eigenvalue weighted by atomic mass is 35.5. The molecule has 0 amide bonds. The highest BCUT2D eigenvalue weighted by Gasteiger charge is 2.10. The molecule has 1 rings (SSSR count). The summed E-state index contributed by atoms with van der Waals surface area (Å²) < 4.78 is 0. The summed E-state index contributed by atoms with van der Waals surface area (Å²) in [6, 6.07) is 0.766. The Morgan fingerprint density at radius 1 is 1.30 bits per heavy atom. The molecule has 0 radical (unpaired) electrons. The fourth-order valence-electron chi connectivity index (χ4n) is 0.842. The number of nitrogens with zero attached hydrogens (tertiary/aromatic N) is 1. The molecule has 0 aromatic rings. The Balaban J connectivity index is 2.55. The van der Waals surface area contributed by atoms with Crippen molar-refractivity contribution < 1.29 is 0 Å². The van der Waals surface area contributed by atoms with Gasteiger partial charge in [-0.15, -0.1) is 23.2 Å². The summed E-state index contributed by atoms with van der Waals surface area (Å²) in [5.74, 6) is 0.591. The van der Waals surface area contributed by atoms with E-state index in [2.05, 4.69) is 0 Å². The SMILES string of the molecule is ClCC1C=CC=CN1CCl. The van der Waals surface area contributed by atoms with Crippen LogP contribution in [0.25, 0.3) is 0 Å². The third-order valence-electron chi connectivity index (χ3n) is 1.44. The maximum atomic E-state index is 5.67. The summed E-state index contributed by atoms with van der Waals surface area (Å²) in [6.45, 7) is 0. The Labute approximate surface area is 70.9 Å². The average molecular weight is 178 g/mol. The van der Waals surface area contributed by atoms with Gasteiger partial charge in [0.1, 0.15) is 0 Å². The standard InChI is InChI=1S/C7H9Cl2N/c8-5-7-3-1-2-4-10(7)6-9/h1-4,7H,5-6H2. The van der Waals surface area contributed by atoms with Gasteiger partial charge in [0.2, 0.25) is 0 Å². The lowest BCUT2D eigenvalue weighted by Crippen LogP contribution is -2.30. The van der Waals surface area contributed by atoms with Crippen molar-refractivity contribution in [1.29, 1.82) is 0 Å². The first-order valence-electron chi connectivity index (χ1n) is 3.11. The molecule has 0 aromatic heterocycles. The molecule has 0 N–H and O–H groups in total. The van der Waals surface area contributed by atoms with Gasteiger partial charge in [0.05, 0.1) is 12.0 Å². The monoisotopic (exact) mass is 177 g/mol. The zero-order valence-electron chi connectivity index (χ0n) is 5.50. The lowest BCUT2D eigenvalue weighted by molar-refractivity contribution is 0.388. The van der Waals surface area contributed by atoms with Gasteiger partial charge < -0.3 is 4.90 Å². The maximum Gasteiger partial charge on any atom is 0.0929 e. The van der Waals surface area contributed by atoms with Gasteiger partial charge in [-0.3, -0.25) is 0 Å². The molecule has 0 spiro atoms. The second kappa shape index (κ2) is 3.89. The van der Waals surface area contributed by atoms with Crippen molar-refractivity contribution in [2.75, 3.05) is 11.9 Å². The summed E-state index contributed by atoms with van der Waals surface area (Å²) in [5.41, 5.74) is 0. The number of allylic oxidation sites excluding steroid dienone is 2. The zero-order chi connectivity index (χ0) is 7.40. The normalized spacial score (nSPS) is 23.8. The van der Waals surface area contributed by atoms with Crippen molar-refractivity contribution in [2.45, 2.75) is 6.04 Å². The summed E-state index contributed by atoms with van der Waals surface area (Å²) in [6.07, 6.45) is 7.91. The van der Waals surface area contributed by atoms with E-state index in [-0.39, 0.29) is 6.04 Å². The van der Waals surface area contributed by atoms with Crippen molar-refractivity contribution in [2.24, 2.45) is 0 Å². The molecular formula is C7H9Cl2N. The third-order valence-corrected chi connectivity index (χ3v) is 2.04. The molecule has 0 fully saturated rings. The van der Waals surface area contributed by atoms with Crippen molar-refractivity contribution in [3.63, 3.8) is 0 Å².